The van der Waals surface area contributed by atoms with Gasteiger partial charge in [0.15, 0.2) is 0 Å². The highest BCUT2D eigenvalue weighted by atomic mass is 35.5. The van der Waals surface area contributed by atoms with Crippen LogP contribution in [0.25, 0.3) is 17.2 Å². The minimum atomic E-state index is 0.449. The third-order valence-corrected chi connectivity index (χ3v) is 7.10. The maximum Gasteiger partial charge on any atom is 0.124 e. The van der Waals surface area contributed by atoms with Crippen LogP contribution in [-0.2, 0) is 13.1 Å². The van der Waals surface area contributed by atoms with Crippen LogP contribution in [0.3, 0.4) is 0 Å². The van der Waals surface area contributed by atoms with E-state index in [0.717, 1.165) is 50.5 Å². The molecule has 1 aliphatic rings. The Morgan fingerprint density at radius 2 is 1.21 bits per heavy atom. The van der Waals surface area contributed by atoms with Gasteiger partial charge in [-0.1, -0.05) is 96.5 Å². The van der Waals surface area contributed by atoms with Crippen molar-refractivity contribution in [2.75, 3.05) is 26.2 Å². The average molecular weight is 521 g/mol. The molecule has 0 aliphatic carbocycles. The van der Waals surface area contributed by atoms with Crippen molar-refractivity contribution >= 4 is 29.2 Å². The lowest BCUT2D eigenvalue weighted by atomic mass is 10.0. The van der Waals surface area contributed by atoms with E-state index in [1.54, 1.807) is 12.1 Å². The normalized spacial score (nSPS) is 15.2. The zero-order chi connectivity index (χ0) is 26.2. The van der Waals surface area contributed by atoms with E-state index in [9.17, 15) is 0 Å². The number of hydrogen-bond donors (Lipinski definition) is 1. The molecule has 192 valence electrons. The Labute approximate surface area is 230 Å². The van der Waals surface area contributed by atoms with Crippen molar-refractivity contribution < 1.29 is 0 Å². The number of rotatable bonds is 8. The number of nitrogens with two attached hydrogens (primary N) is 1. The SMILES string of the molecule is NC(C=Cc1ccc(-c2ccc(CN3CCN(Cc4ccccc4)CC3)cc2)cc1)=Nc1ccc(Cl)cc1. The van der Waals surface area contributed by atoms with E-state index in [0.29, 0.717) is 10.9 Å². The Morgan fingerprint density at radius 1 is 0.684 bits per heavy atom. The van der Waals surface area contributed by atoms with Crippen molar-refractivity contribution in [2.45, 2.75) is 13.1 Å². The summed E-state index contributed by atoms with van der Waals surface area (Å²) in [6, 6.07) is 35.5. The molecule has 0 amide bonds. The van der Waals surface area contributed by atoms with Gasteiger partial charge in [0.05, 0.1) is 5.69 Å². The second-order valence-electron chi connectivity index (χ2n) is 9.70. The highest BCUT2D eigenvalue weighted by Crippen LogP contribution is 2.22. The molecular weight excluding hydrogens is 488 g/mol. The zero-order valence-electron chi connectivity index (χ0n) is 21.5. The molecule has 0 unspecified atom stereocenters. The van der Waals surface area contributed by atoms with Gasteiger partial charge in [-0.25, -0.2) is 4.99 Å². The van der Waals surface area contributed by atoms with Crippen LogP contribution in [0.5, 0.6) is 0 Å². The lowest BCUT2D eigenvalue weighted by Gasteiger charge is -2.34. The first-order valence-electron chi connectivity index (χ1n) is 13.1. The van der Waals surface area contributed by atoms with Crippen LogP contribution in [0.1, 0.15) is 16.7 Å². The molecule has 0 aromatic heterocycles. The Balaban J connectivity index is 1.12. The fraction of sp³-hybridized carbons (Fsp3) is 0.182. The molecule has 1 saturated heterocycles. The van der Waals surface area contributed by atoms with Gasteiger partial charge in [0, 0.05) is 44.3 Å². The van der Waals surface area contributed by atoms with Crippen molar-refractivity contribution in [3.63, 3.8) is 0 Å². The van der Waals surface area contributed by atoms with Crippen molar-refractivity contribution in [3.05, 3.63) is 131 Å². The minimum absolute atomic E-state index is 0.449. The predicted octanol–water partition coefficient (Wildman–Crippen LogP) is 7.03. The lowest BCUT2D eigenvalue weighted by Crippen LogP contribution is -2.45. The van der Waals surface area contributed by atoms with Gasteiger partial charge in [-0.15, -0.1) is 0 Å². The molecule has 4 aromatic carbocycles. The van der Waals surface area contributed by atoms with E-state index in [1.165, 1.54) is 22.3 Å². The summed E-state index contributed by atoms with van der Waals surface area (Å²) in [5.41, 5.74) is 13.1. The molecule has 1 aliphatic heterocycles. The first kappa shape index (κ1) is 25.9. The van der Waals surface area contributed by atoms with Crippen LogP contribution >= 0.6 is 11.6 Å². The fourth-order valence-corrected chi connectivity index (χ4v) is 4.80. The minimum Gasteiger partial charge on any atom is -0.384 e. The number of aliphatic imine (C=N–C) groups is 1. The Bertz CT molecular complexity index is 1350. The highest BCUT2D eigenvalue weighted by molar-refractivity contribution is 6.30. The number of halogens is 1. The summed E-state index contributed by atoms with van der Waals surface area (Å²) >= 11 is 5.92. The first-order chi connectivity index (χ1) is 18.6. The smallest absolute Gasteiger partial charge is 0.124 e. The third-order valence-electron chi connectivity index (χ3n) is 6.85. The molecule has 1 fully saturated rings. The van der Waals surface area contributed by atoms with Gasteiger partial charge >= 0.3 is 0 Å². The van der Waals surface area contributed by atoms with E-state index >= 15 is 0 Å². The monoisotopic (exact) mass is 520 g/mol. The van der Waals surface area contributed by atoms with Crippen LogP contribution in [0.4, 0.5) is 5.69 Å². The first-order valence-corrected chi connectivity index (χ1v) is 13.4. The predicted molar refractivity (Wildman–Crippen MR) is 161 cm³/mol. The quantitative estimate of drug-likeness (QED) is 0.200. The Morgan fingerprint density at radius 3 is 1.79 bits per heavy atom. The van der Waals surface area contributed by atoms with Gasteiger partial charge in [0.25, 0.3) is 0 Å². The number of benzene rings is 4. The van der Waals surface area contributed by atoms with Gasteiger partial charge in [-0.2, -0.15) is 0 Å². The summed E-state index contributed by atoms with van der Waals surface area (Å²) in [6.07, 6.45) is 3.79. The van der Waals surface area contributed by atoms with E-state index in [1.807, 2.05) is 24.3 Å². The summed E-state index contributed by atoms with van der Waals surface area (Å²) < 4.78 is 0. The molecule has 4 nitrogen and oxygen atoms in total. The molecule has 1 heterocycles. The van der Waals surface area contributed by atoms with Gasteiger partial charge in [-0.05, 0) is 58.2 Å². The molecule has 38 heavy (non-hydrogen) atoms. The van der Waals surface area contributed by atoms with Gasteiger partial charge in [-0.3, -0.25) is 9.80 Å². The van der Waals surface area contributed by atoms with Gasteiger partial charge < -0.3 is 5.73 Å². The third kappa shape index (κ3) is 7.42. The molecule has 0 atom stereocenters. The maximum atomic E-state index is 6.06. The molecule has 5 rings (SSSR count). The van der Waals surface area contributed by atoms with E-state index < -0.39 is 0 Å². The van der Waals surface area contributed by atoms with Gasteiger partial charge in [0.1, 0.15) is 5.84 Å². The maximum absolute atomic E-state index is 6.06. The largest absolute Gasteiger partial charge is 0.384 e. The number of amidine groups is 1. The van der Waals surface area contributed by atoms with E-state index in [2.05, 4.69) is 93.7 Å². The average Bonchev–Trinajstić information content (AvgIpc) is 2.96. The number of nitrogens with zero attached hydrogens (tertiary/aromatic N) is 3. The van der Waals surface area contributed by atoms with E-state index in [-0.39, 0.29) is 0 Å². The molecule has 0 saturated carbocycles. The Hall–Kier alpha value is -3.70. The van der Waals surface area contributed by atoms with Crippen LogP contribution in [-0.4, -0.2) is 41.8 Å². The molecule has 0 spiro atoms. The molecule has 0 bridgehead atoms. The van der Waals surface area contributed by atoms with Crippen molar-refractivity contribution in [1.29, 1.82) is 0 Å². The second kappa shape index (κ2) is 12.7. The highest BCUT2D eigenvalue weighted by Gasteiger charge is 2.17. The standard InChI is InChI=1S/C33H33ClN4/c34-31-15-17-32(18-16-31)36-33(35)19-10-26-6-11-29(12-7-26)30-13-8-28(9-14-30)25-38-22-20-37(21-23-38)24-27-4-2-1-3-5-27/h1-19H,20-25H2,(H2,35,36). The van der Waals surface area contributed by atoms with Crippen molar-refractivity contribution in [1.82, 2.24) is 9.80 Å². The van der Waals surface area contributed by atoms with Crippen molar-refractivity contribution in [3.8, 4) is 11.1 Å². The van der Waals surface area contributed by atoms with Crippen LogP contribution in [0.15, 0.2) is 114 Å². The number of hydrogen-bond acceptors (Lipinski definition) is 3. The molecule has 2 N–H and O–H groups in total. The molecule has 5 heteroatoms. The summed E-state index contributed by atoms with van der Waals surface area (Å²) in [6.45, 7) is 6.50. The second-order valence-corrected chi connectivity index (χ2v) is 10.1. The molecule has 4 aromatic rings. The van der Waals surface area contributed by atoms with E-state index in [4.69, 9.17) is 17.3 Å². The lowest BCUT2D eigenvalue weighted by molar-refractivity contribution is 0.122. The summed E-state index contributed by atoms with van der Waals surface area (Å²) in [5.74, 6) is 0.449. The molecular formula is C33H33ClN4. The summed E-state index contributed by atoms with van der Waals surface area (Å²) in [5, 5.41) is 0.681. The molecule has 0 radical (unpaired) electrons. The van der Waals surface area contributed by atoms with Crippen molar-refractivity contribution in [2.24, 2.45) is 10.7 Å². The van der Waals surface area contributed by atoms with Crippen LogP contribution in [0.2, 0.25) is 5.02 Å². The topological polar surface area (TPSA) is 44.9 Å². The zero-order valence-corrected chi connectivity index (χ0v) is 22.3. The Kier molecular flexibility index (Phi) is 8.67. The fourth-order valence-electron chi connectivity index (χ4n) is 4.68. The summed E-state index contributed by atoms with van der Waals surface area (Å²) in [7, 11) is 0. The van der Waals surface area contributed by atoms with Gasteiger partial charge in [0.2, 0.25) is 0 Å². The van der Waals surface area contributed by atoms with Crippen LogP contribution < -0.4 is 5.73 Å². The van der Waals surface area contributed by atoms with Crippen LogP contribution in [0, 0.1) is 0 Å². The summed E-state index contributed by atoms with van der Waals surface area (Å²) in [4.78, 5) is 9.50. The number of piperazine rings is 1.